The lowest BCUT2D eigenvalue weighted by Gasteiger charge is -2.19. The Bertz CT molecular complexity index is 504. The van der Waals surface area contributed by atoms with Crippen molar-refractivity contribution in [2.24, 2.45) is 0 Å². The smallest absolute Gasteiger partial charge is 0.251 e. The molecule has 0 aliphatic heterocycles. The summed E-state index contributed by atoms with van der Waals surface area (Å²) in [5.74, 6) is -0.434. The Kier molecular flexibility index (Phi) is 7.75. The first kappa shape index (κ1) is 19.2. The predicted molar refractivity (Wildman–Crippen MR) is 91.6 cm³/mol. The Labute approximate surface area is 138 Å². The van der Waals surface area contributed by atoms with E-state index >= 15 is 0 Å². The van der Waals surface area contributed by atoms with Crippen LogP contribution in [0.25, 0.3) is 0 Å². The lowest BCUT2D eigenvalue weighted by molar-refractivity contribution is -0.120. The monoisotopic (exact) mass is 320 g/mol. The molecular weight excluding hydrogens is 292 g/mol. The Balaban J connectivity index is 2.34. The number of amides is 2. The molecule has 2 N–H and O–H groups in total. The third-order valence-electron chi connectivity index (χ3n) is 3.41. The van der Waals surface area contributed by atoms with Crippen molar-refractivity contribution in [3.05, 3.63) is 35.4 Å². The Morgan fingerprint density at radius 1 is 1.09 bits per heavy atom. The zero-order valence-electron chi connectivity index (χ0n) is 14.6. The van der Waals surface area contributed by atoms with E-state index in [2.05, 4.69) is 31.4 Å². The standard InChI is InChI=1S/C18H28N2O3/c1-5-23-12-6-11-19-16(21)13-20-17(22)14-7-9-15(10-8-14)18(2,3)4/h7-10H,5-6,11-13H2,1-4H3,(H,19,21)(H,20,22). The summed E-state index contributed by atoms with van der Waals surface area (Å²) in [6.07, 6.45) is 0.766. The highest BCUT2D eigenvalue weighted by Crippen LogP contribution is 2.22. The maximum Gasteiger partial charge on any atom is 0.251 e. The van der Waals surface area contributed by atoms with Crippen LogP contribution in [0.3, 0.4) is 0 Å². The van der Waals surface area contributed by atoms with E-state index in [0.717, 1.165) is 6.42 Å². The van der Waals surface area contributed by atoms with Gasteiger partial charge in [0.2, 0.25) is 5.91 Å². The molecule has 1 aromatic carbocycles. The second kappa shape index (κ2) is 9.30. The van der Waals surface area contributed by atoms with Crippen molar-refractivity contribution in [2.45, 2.75) is 39.5 Å². The van der Waals surface area contributed by atoms with E-state index in [0.29, 0.717) is 25.3 Å². The number of nitrogens with one attached hydrogen (secondary N) is 2. The molecule has 128 valence electrons. The summed E-state index contributed by atoms with van der Waals surface area (Å²) >= 11 is 0. The maximum absolute atomic E-state index is 12.0. The van der Waals surface area contributed by atoms with Crippen LogP contribution >= 0.6 is 0 Å². The summed E-state index contributed by atoms with van der Waals surface area (Å²) in [5, 5.41) is 5.37. The van der Waals surface area contributed by atoms with E-state index in [1.165, 1.54) is 5.56 Å². The van der Waals surface area contributed by atoms with Crippen molar-refractivity contribution in [3.63, 3.8) is 0 Å². The fourth-order valence-electron chi connectivity index (χ4n) is 1.99. The van der Waals surface area contributed by atoms with Gasteiger partial charge in [0.1, 0.15) is 0 Å². The number of hydrogen-bond acceptors (Lipinski definition) is 3. The van der Waals surface area contributed by atoms with Crippen molar-refractivity contribution < 1.29 is 14.3 Å². The number of hydrogen-bond donors (Lipinski definition) is 2. The van der Waals surface area contributed by atoms with Crippen molar-refractivity contribution in [1.29, 1.82) is 0 Å². The number of carbonyl (C=O) groups is 2. The second-order valence-electron chi connectivity index (χ2n) is 6.41. The van der Waals surface area contributed by atoms with Gasteiger partial charge in [-0.15, -0.1) is 0 Å². The first-order valence-corrected chi connectivity index (χ1v) is 8.07. The van der Waals surface area contributed by atoms with Gasteiger partial charge in [0, 0.05) is 25.3 Å². The van der Waals surface area contributed by atoms with Crippen LogP contribution < -0.4 is 10.6 Å². The molecule has 0 saturated heterocycles. The van der Waals surface area contributed by atoms with Crippen molar-refractivity contribution in [2.75, 3.05) is 26.3 Å². The van der Waals surface area contributed by atoms with Crippen LogP contribution in [0.4, 0.5) is 0 Å². The zero-order chi connectivity index (χ0) is 17.3. The molecule has 0 heterocycles. The van der Waals surface area contributed by atoms with Crippen LogP contribution in [-0.4, -0.2) is 38.1 Å². The largest absolute Gasteiger partial charge is 0.382 e. The van der Waals surface area contributed by atoms with Gasteiger partial charge in [-0.3, -0.25) is 9.59 Å². The van der Waals surface area contributed by atoms with Gasteiger partial charge in [-0.2, -0.15) is 0 Å². The molecule has 23 heavy (non-hydrogen) atoms. The van der Waals surface area contributed by atoms with Crippen LogP contribution in [-0.2, 0) is 14.9 Å². The van der Waals surface area contributed by atoms with Gasteiger partial charge >= 0.3 is 0 Å². The first-order valence-electron chi connectivity index (χ1n) is 8.07. The SMILES string of the molecule is CCOCCCNC(=O)CNC(=O)c1ccc(C(C)(C)C)cc1. The van der Waals surface area contributed by atoms with Crippen molar-refractivity contribution in [1.82, 2.24) is 10.6 Å². The molecule has 0 unspecified atom stereocenters. The molecule has 1 rings (SSSR count). The predicted octanol–water partition coefficient (Wildman–Crippen LogP) is 2.26. The summed E-state index contributed by atoms with van der Waals surface area (Å²) in [5.41, 5.74) is 1.78. The van der Waals surface area contributed by atoms with Crippen LogP contribution in [0.5, 0.6) is 0 Å². The number of ether oxygens (including phenoxy) is 1. The highest BCUT2D eigenvalue weighted by atomic mass is 16.5. The third kappa shape index (κ3) is 7.28. The normalized spacial score (nSPS) is 11.1. The van der Waals surface area contributed by atoms with Crippen molar-refractivity contribution >= 4 is 11.8 Å². The Morgan fingerprint density at radius 2 is 1.74 bits per heavy atom. The molecule has 1 aromatic rings. The molecule has 0 radical (unpaired) electrons. The number of rotatable bonds is 8. The van der Waals surface area contributed by atoms with Crippen LogP contribution in [0, 0.1) is 0 Å². The van der Waals surface area contributed by atoms with Crippen LogP contribution in [0.15, 0.2) is 24.3 Å². The minimum absolute atomic E-state index is 0.0194. The quantitative estimate of drug-likeness (QED) is 0.722. The molecule has 2 amide bonds. The molecule has 5 heteroatoms. The number of carbonyl (C=O) groups excluding carboxylic acids is 2. The van der Waals surface area contributed by atoms with E-state index in [-0.39, 0.29) is 23.8 Å². The average Bonchev–Trinajstić information content (AvgIpc) is 2.51. The lowest BCUT2D eigenvalue weighted by atomic mass is 9.87. The van der Waals surface area contributed by atoms with Gasteiger partial charge in [0.05, 0.1) is 6.54 Å². The minimum atomic E-state index is -0.241. The lowest BCUT2D eigenvalue weighted by Crippen LogP contribution is -2.37. The number of benzene rings is 1. The van der Waals surface area contributed by atoms with Gasteiger partial charge in [-0.05, 0) is 36.5 Å². The summed E-state index contributed by atoms with van der Waals surface area (Å²) < 4.78 is 5.18. The molecule has 0 aromatic heterocycles. The molecule has 0 spiro atoms. The Hall–Kier alpha value is -1.88. The van der Waals surface area contributed by atoms with Gasteiger partial charge in [-0.1, -0.05) is 32.9 Å². The fraction of sp³-hybridized carbons (Fsp3) is 0.556. The fourth-order valence-corrected chi connectivity index (χ4v) is 1.99. The highest BCUT2D eigenvalue weighted by Gasteiger charge is 2.14. The molecule has 0 aliphatic rings. The van der Waals surface area contributed by atoms with E-state index in [1.807, 2.05) is 19.1 Å². The molecule has 0 fully saturated rings. The van der Waals surface area contributed by atoms with Crippen molar-refractivity contribution in [3.8, 4) is 0 Å². The maximum atomic E-state index is 12.0. The van der Waals surface area contributed by atoms with Gasteiger partial charge in [-0.25, -0.2) is 0 Å². The highest BCUT2D eigenvalue weighted by molar-refractivity contribution is 5.96. The van der Waals surface area contributed by atoms with Gasteiger partial charge in [0.25, 0.3) is 5.91 Å². The van der Waals surface area contributed by atoms with E-state index < -0.39 is 0 Å². The molecule has 0 atom stereocenters. The molecular formula is C18H28N2O3. The van der Waals surface area contributed by atoms with Gasteiger partial charge < -0.3 is 15.4 Å². The van der Waals surface area contributed by atoms with Gasteiger partial charge in [0.15, 0.2) is 0 Å². The molecule has 0 bridgehead atoms. The van der Waals surface area contributed by atoms with E-state index in [1.54, 1.807) is 12.1 Å². The van der Waals surface area contributed by atoms with Crippen LogP contribution in [0.1, 0.15) is 50.0 Å². The molecule has 5 nitrogen and oxygen atoms in total. The minimum Gasteiger partial charge on any atom is -0.382 e. The first-order chi connectivity index (χ1) is 10.8. The third-order valence-corrected chi connectivity index (χ3v) is 3.41. The summed E-state index contributed by atoms with van der Waals surface area (Å²) in [4.78, 5) is 23.6. The zero-order valence-corrected chi connectivity index (χ0v) is 14.6. The summed E-state index contributed by atoms with van der Waals surface area (Å²) in [7, 11) is 0. The second-order valence-corrected chi connectivity index (χ2v) is 6.41. The topological polar surface area (TPSA) is 67.4 Å². The summed E-state index contributed by atoms with van der Waals surface area (Å²) in [6, 6.07) is 7.47. The van der Waals surface area contributed by atoms with E-state index in [9.17, 15) is 9.59 Å². The molecule has 0 aliphatic carbocycles. The molecule has 0 saturated carbocycles. The average molecular weight is 320 g/mol. The summed E-state index contributed by atoms with van der Waals surface area (Å²) in [6.45, 7) is 10.1. The van der Waals surface area contributed by atoms with E-state index in [4.69, 9.17) is 4.74 Å². The van der Waals surface area contributed by atoms with Crippen LogP contribution in [0.2, 0.25) is 0 Å². The Morgan fingerprint density at radius 3 is 2.30 bits per heavy atom.